The van der Waals surface area contributed by atoms with Crippen LogP contribution in [0.4, 0.5) is 5.95 Å². The molecule has 0 saturated carbocycles. The van der Waals surface area contributed by atoms with E-state index in [1.807, 2.05) is 13.8 Å². The molecule has 7 nitrogen and oxygen atoms in total. The van der Waals surface area contributed by atoms with Gasteiger partial charge in [-0.2, -0.15) is 0 Å². The topological polar surface area (TPSA) is 74.2 Å². The number of ketones is 1. The fourth-order valence-corrected chi connectivity index (χ4v) is 3.17. The van der Waals surface area contributed by atoms with Crippen LogP contribution in [0.25, 0.3) is 0 Å². The molecule has 3 aliphatic heterocycles. The van der Waals surface area contributed by atoms with Gasteiger partial charge in [0.2, 0.25) is 0 Å². The summed E-state index contributed by atoms with van der Waals surface area (Å²) in [4.78, 5) is 25.1. The van der Waals surface area contributed by atoms with Crippen LogP contribution in [0.2, 0.25) is 0 Å². The number of fused-ring (bicyclic) bond motifs is 3. The quantitative estimate of drug-likeness (QED) is 0.581. The van der Waals surface area contributed by atoms with Crippen molar-refractivity contribution < 1.29 is 26.7 Å². The molecule has 0 unspecified atom stereocenters. The van der Waals surface area contributed by atoms with E-state index in [-0.39, 0.29) is 30.3 Å². The van der Waals surface area contributed by atoms with Gasteiger partial charge in [-0.05, 0) is 13.8 Å². The molecule has 0 amide bonds. The highest BCUT2D eigenvalue weighted by atomic mass is 35.5. The Morgan fingerprint density at radius 2 is 1.59 bits per heavy atom. The largest absolute Gasteiger partial charge is 1.00 e. The van der Waals surface area contributed by atoms with Gasteiger partial charge in [0.15, 0.2) is 5.78 Å². The maximum absolute atomic E-state index is 12.1. The van der Waals surface area contributed by atoms with E-state index in [2.05, 4.69) is 15.0 Å². The molecule has 0 N–H and O–H groups in total. The first-order chi connectivity index (χ1) is 10.2. The second-order valence-electron chi connectivity index (χ2n) is 5.56. The standard InChI is InChI=1S/C14H21N4O3.ClH/c1-3-20-13-15-12(16-14(17-13)21-4-2)18-7-5-10(6-8-18)11(19)9-18;/h10H,3-9H2,1-2H3;1H/q+1;/p-1. The van der Waals surface area contributed by atoms with E-state index >= 15 is 0 Å². The molecule has 8 heteroatoms. The van der Waals surface area contributed by atoms with Crippen LogP contribution in [-0.4, -0.2) is 53.6 Å². The number of carbonyl (C=O) groups excluding carboxylic acids is 1. The summed E-state index contributed by atoms with van der Waals surface area (Å²) < 4.78 is 11.3. The van der Waals surface area contributed by atoms with Crippen LogP contribution in [0.15, 0.2) is 0 Å². The van der Waals surface area contributed by atoms with Crippen molar-refractivity contribution in [3.8, 4) is 12.0 Å². The lowest BCUT2D eigenvalue weighted by Gasteiger charge is -2.45. The lowest BCUT2D eigenvalue weighted by Crippen LogP contribution is -3.00. The monoisotopic (exact) mass is 328 g/mol. The average molecular weight is 329 g/mol. The summed E-state index contributed by atoms with van der Waals surface area (Å²) in [7, 11) is 0. The van der Waals surface area contributed by atoms with E-state index in [4.69, 9.17) is 9.47 Å². The Bertz CT molecular complexity index is 523. The third-order valence-electron chi connectivity index (χ3n) is 4.28. The Kier molecular flexibility index (Phi) is 5.18. The van der Waals surface area contributed by atoms with Crippen LogP contribution in [0, 0.1) is 5.92 Å². The van der Waals surface area contributed by atoms with Gasteiger partial charge in [-0.3, -0.25) is 9.28 Å². The summed E-state index contributed by atoms with van der Waals surface area (Å²) in [5, 5.41) is 0. The summed E-state index contributed by atoms with van der Waals surface area (Å²) in [6.07, 6.45) is 1.83. The lowest BCUT2D eigenvalue weighted by molar-refractivity contribution is -0.130. The SMILES string of the molecule is CCOc1nc(OCC)nc([N+]23CCC(CC2)C(=O)C3)n1.[Cl-]. The van der Waals surface area contributed by atoms with E-state index < -0.39 is 0 Å². The fourth-order valence-electron chi connectivity index (χ4n) is 3.17. The Labute approximate surface area is 136 Å². The van der Waals surface area contributed by atoms with Crippen LogP contribution < -0.4 is 26.4 Å². The lowest BCUT2D eigenvalue weighted by atomic mass is 9.85. The molecule has 3 saturated heterocycles. The maximum Gasteiger partial charge on any atom is 0.338 e. The summed E-state index contributed by atoms with van der Waals surface area (Å²) in [6, 6.07) is 0.553. The maximum atomic E-state index is 12.1. The minimum absolute atomic E-state index is 0. The zero-order chi connectivity index (χ0) is 14.9. The number of aromatic nitrogens is 3. The second kappa shape index (κ2) is 6.75. The van der Waals surface area contributed by atoms with Crippen molar-refractivity contribution in [2.24, 2.45) is 5.92 Å². The smallest absolute Gasteiger partial charge is 0.338 e. The molecule has 0 aromatic carbocycles. The highest BCUT2D eigenvalue weighted by Gasteiger charge is 2.48. The van der Waals surface area contributed by atoms with Crippen molar-refractivity contribution in [3.63, 3.8) is 0 Å². The zero-order valence-electron chi connectivity index (χ0n) is 12.9. The third kappa shape index (κ3) is 3.01. The molecular formula is C14H21ClN4O3. The van der Waals surface area contributed by atoms with Crippen molar-refractivity contribution in [1.82, 2.24) is 19.4 Å². The molecule has 1 aromatic rings. The third-order valence-corrected chi connectivity index (χ3v) is 4.28. The van der Waals surface area contributed by atoms with Crippen LogP contribution in [0.3, 0.4) is 0 Å². The second-order valence-corrected chi connectivity index (χ2v) is 5.56. The Balaban J connectivity index is 0.00000176. The molecule has 122 valence electrons. The van der Waals surface area contributed by atoms with Gasteiger partial charge in [0.05, 0.1) is 26.3 Å². The van der Waals surface area contributed by atoms with Crippen molar-refractivity contribution in [1.29, 1.82) is 0 Å². The Hall–Kier alpha value is -1.47. The molecule has 4 rings (SSSR count). The minimum Gasteiger partial charge on any atom is -1.00 e. The molecule has 22 heavy (non-hydrogen) atoms. The number of halogens is 1. The first-order valence-corrected chi connectivity index (χ1v) is 7.58. The summed E-state index contributed by atoms with van der Waals surface area (Å²) in [5.74, 6) is 1.16. The number of carbonyl (C=O) groups is 1. The highest BCUT2D eigenvalue weighted by molar-refractivity contribution is 5.86. The predicted molar refractivity (Wildman–Crippen MR) is 76.3 cm³/mol. The molecule has 1 aromatic heterocycles. The van der Waals surface area contributed by atoms with Gasteiger partial charge in [0.1, 0.15) is 6.54 Å². The van der Waals surface area contributed by atoms with Crippen LogP contribution in [0.1, 0.15) is 26.7 Å². The normalized spacial score (nSPS) is 26.5. The van der Waals surface area contributed by atoms with Gasteiger partial charge in [-0.1, -0.05) is 0 Å². The highest BCUT2D eigenvalue weighted by Crippen LogP contribution is 2.35. The number of hydrogen-bond acceptors (Lipinski definition) is 6. The number of Topliss-reactive ketones (excluding diaryl/α,β-unsaturated/α-hetero) is 1. The predicted octanol–water partition coefficient (Wildman–Crippen LogP) is -2.03. The van der Waals surface area contributed by atoms with E-state index in [0.29, 0.717) is 36.0 Å². The van der Waals surface area contributed by atoms with Crippen molar-refractivity contribution in [3.05, 3.63) is 0 Å². The van der Waals surface area contributed by atoms with Gasteiger partial charge in [0, 0.05) is 18.8 Å². The molecule has 0 spiro atoms. The molecule has 0 radical (unpaired) electrons. The number of piperidine rings is 3. The number of quaternary nitrogens is 1. The molecule has 4 heterocycles. The van der Waals surface area contributed by atoms with E-state index in [9.17, 15) is 4.79 Å². The van der Waals surface area contributed by atoms with Gasteiger partial charge < -0.3 is 21.9 Å². The van der Waals surface area contributed by atoms with E-state index in [0.717, 1.165) is 25.9 Å². The molecule has 0 aliphatic carbocycles. The molecule has 2 bridgehead atoms. The number of hydrogen-bond donors (Lipinski definition) is 0. The van der Waals surface area contributed by atoms with Gasteiger partial charge in [0.25, 0.3) is 0 Å². The van der Waals surface area contributed by atoms with E-state index in [1.54, 1.807) is 0 Å². The summed E-state index contributed by atoms with van der Waals surface area (Å²) in [5.41, 5.74) is 0. The van der Waals surface area contributed by atoms with Crippen molar-refractivity contribution in [2.45, 2.75) is 26.7 Å². The van der Waals surface area contributed by atoms with Crippen LogP contribution in [0.5, 0.6) is 12.0 Å². The molecule has 3 aliphatic rings. The summed E-state index contributed by atoms with van der Waals surface area (Å²) >= 11 is 0. The first kappa shape index (κ1) is 16.9. The number of nitrogens with zero attached hydrogens (tertiary/aromatic N) is 4. The minimum atomic E-state index is 0. The molecule has 3 fully saturated rings. The van der Waals surface area contributed by atoms with Crippen LogP contribution >= 0.6 is 0 Å². The Morgan fingerprint density at radius 1 is 1.05 bits per heavy atom. The number of ether oxygens (including phenoxy) is 2. The fraction of sp³-hybridized carbons (Fsp3) is 0.714. The zero-order valence-corrected chi connectivity index (χ0v) is 13.7. The Morgan fingerprint density at radius 3 is 2.05 bits per heavy atom. The van der Waals surface area contributed by atoms with Gasteiger partial charge in [-0.15, -0.1) is 15.0 Å². The van der Waals surface area contributed by atoms with Gasteiger partial charge in [-0.25, -0.2) is 0 Å². The molecule has 0 atom stereocenters. The summed E-state index contributed by atoms with van der Waals surface area (Å²) in [6.45, 7) is 7.01. The van der Waals surface area contributed by atoms with Crippen molar-refractivity contribution >= 4 is 11.7 Å². The first-order valence-electron chi connectivity index (χ1n) is 7.58. The van der Waals surface area contributed by atoms with Gasteiger partial charge >= 0.3 is 18.0 Å². The van der Waals surface area contributed by atoms with Crippen molar-refractivity contribution in [2.75, 3.05) is 32.8 Å². The molecular weight excluding hydrogens is 308 g/mol. The number of rotatable bonds is 5. The van der Waals surface area contributed by atoms with Crippen LogP contribution in [-0.2, 0) is 4.79 Å². The van der Waals surface area contributed by atoms with E-state index in [1.165, 1.54) is 0 Å². The average Bonchev–Trinajstić information content (AvgIpc) is 2.49.